The van der Waals surface area contributed by atoms with E-state index in [1.54, 1.807) is 6.92 Å². The smallest absolute Gasteiger partial charge is 0.341 e. The lowest BCUT2D eigenvalue weighted by molar-refractivity contribution is 0.812. The van der Waals surface area contributed by atoms with E-state index in [1.807, 2.05) is 0 Å². The minimum absolute atomic E-state index is 0.407. The second kappa shape index (κ2) is 2.21. The highest BCUT2D eigenvalue weighted by Gasteiger charge is 1.90. The first-order valence-corrected chi connectivity index (χ1v) is 1.46. The Morgan fingerprint density at radius 2 is 2.20 bits per heavy atom. The van der Waals surface area contributed by atoms with E-state index in [0.717, 1.165) is 0 Å². The van der Waals surface area contributed by atoms with Crippen LogP contribution in [-0.4, -0.2) is 13.5 Å². The summed E-state index contributed by atoms with van der Waals surface area (Å²) in [5.74, 6) is -0.407. The Bertz CT molecular complexity index is 23.6. The summed E-state index contributed by atoms with van der Waals surface area (Å²) in [4.78, 5) is 0. The summed E-state index contributed by atoms with van der Waals surface area (Å²) in [6.45, 7) is 1.57. The summed E-state index contributed by atoms with van der Waals surface area (Å²) < 4.78 is 10.9. The van der Waals surface area contributed by atoms with Crippen molar-refractivity contribution in [3.63, 3.8) is 0 Å². The van der Waals surface area contributed by atoms with Crippen LogP contribution in [0.2, 0.25) is 0 Å². The van der Waals surface area contributed by atoms with Gasteiger partial charge in [-0.1, -0.05) is 6.92 Å². The lowest BCUT2D eigenvalue weighted by Gasteiger charge is -1.85. The minimum atomic E-state index is -0.407. The Morgan fingerprint density at radius 1 is 2.00 bits per heavy atom. The lowest BCUT2D eigenvalue weighted by atomic mass is 9.95. The first-order chi connectivity index (χ1) is 2.27. The quantitative estimate of drug-likeness (QED) is 0.431. The molecular weight excluding hydrogens is 67.8 g/mol. The van der Waals surface area contributed by atoms with Crippen LogP contribution in [0, 0.1) is 0 Å². The largest absolute Gasteiger partial charge is 0.372 e. The molecule has 0 aromatic rings. The second-order valence-electron chi connectivity index (χ2n) is 0.985. The highest BCUT2D eigenvalue weighted by molar-refractivity contribution is 6.28. The fraction of sp³-hybridized carbons (Fsp3) is 1.00. The summed E-state index contributed by atoms with van der Waals surface area (Å²) in [5, 5.41) is 0. The van der Waals surface area contributed by atoms with Crippen molar-refractivity contribution in [2.75, 3.05) is 0 Å². The molecule has 0 saturated heterocycles. The van der Waals surface area contributed by atoms with Crippen LogP contribution in [0.25, 0.3) is 0 Å². The number of hydrogen-bond acceptors (Lipinski definition) is 1. The van der Waals surface area contributed by atoms with Crippen molar-refractivity contribution < 1.29 is 4.32 Å². The van der Waals surface area contributed by atoms with Gasteiger partial charge in [-0.3, -0.25) is 0 Å². The molecule has 1 unspecified atom stereocenters. The summed E-state index contributed by atoms with van der Waals surface area (Å²) >= 11 is 0. The van der Waals surface area contributed by atoms with Gasteiger partial charge in [0.2, 0.25) is 0 Å². The van der Waals surface area contributed by atoms with E-state index in [1.165, 1.54) is 0 Å². The number of hydrogen-bond donors (Lipinski definition) is 1. The van der Waals surface area contributed by atoms with Gasteiger partial charge in [0.1, 0.15) is 0 Å². The Labute approximate surface area is 31.6 Å². The molecule has 1 atom stereocenters. The summed E-state index contributed by atoms with van der Waals surface area (Å²) in [6.07, 6.45) is 0. The molecule has 0 aliphatic carbocycles. The summed E-state index contributed by atoms with van der Waals surface area (Å²) in [6, 6.07) is 0. The fourth-order valence-corrected chi connectivity index (χ4v) is 0. The fourth-order valence-electron chi connectivity index (χ4n) is 0. The van der Waals surface area contributed by atoms with E-state index >= 15 is 0 Å². The Morgan fingerprint density at radius 3 is 2.20 bits per heavy atom. The van der Waals surface area contributed by atoms with Crippen LogP contribution in [-0.2, 0) is 0 Å². The zero-order valence-electron chi connectivity index (χ0n) is 3.11. The molecule has 0 bridgehead atoms. The van der Waals surface area contributed by atoms with Crippen LogP contribution >= 0.6 is 0 Å². The van der Waals surface area contributed by atoms with Gasteiger partial charge in [0.25, 0.3) is 0 Å². The van der Waals surface area contributed by atoms with Crippen molar-refractivity contribution in [2.45, 2.75) is 12.9 Å². The molecule has 29 valence electrons. The lowest BCUT2D eigenvalue weighted by Crippen LogP contribution is -2.19. The van der Waals surface area contributed by atoms with Crippen molar-refractivity contribution in [3.05, 3.63) is 0 Å². The first kappa shape index (κ1) is 4.95. The average molecular weight is 73.9 g/mol. The van der Waals surface area contributed by atoms with Crippen molar-refractivity contribution in [2.24, 2.45) is 5.73 Å². The first-order valence-electron chi connectivity index (χ1n) is 1.46. The predicted octanol–water partition coefficient (Wildman–Crippen LogP) is -0.120. The van der Waals surface area contributed by atoms with Gasteiger partial charge in [-0.25, -0.2) is 0 Å². The highest BCUT2D eigenvalue weighted by atomic mass is 19.1. The van der Waals surface area contributed by atoms with E-state index < -0.39 is 5.94 Å². The number of halogens is 1. The van der Waals surface area contributed by atoms with Crippen molar-refractivity contribution >= 4 is 7.56 Å². The maximum Gasteiger partial charge on any atom is 0.372 e. The molecule has 0 aliphatic heterocycles. The van der Waals surface area contributed by atoms with E-state index in [0.29, 0.717) is 7.56 Å². The van der Waals surface area contributed by atoms with Gasteiger partial charge in [0, 0.05) is 5.94 Å². The third-order valence-electron chi connectivity index (χ3n) is 0.199. The monoisotopic (exact) mass is 74.1 g/mol. The van der Waals surface area contributed by atoms with E-state index in [9.17, 15) is 4.32 Å². The molecule has 0 rings (SSSR count). The maximum atomic E-state index is 10.9. The minimum Gasteiger partial charge on any atom is -0.341 e. The normalized spacial score (nSPS) is 14.2. The molecule has 3 heteroatoms. The van der Waals surface area contributed by atoms with Gasteiger partial charge in [0.05, 0.1) is 0 Å². The van der Waals surface area contributed by atoms with Gasteiger partial charge in [-0.15, -0.1) is 0 Å². The third kappa shape index (κ3) is 3.95. The van der Waals surface area contributed by atoms with Gasteiger partial charge in [-0.05, 0) is 0 Å². The van der Waals surface area contributed by atoms with Crippen LogP contribution < -0.4 is 5.73 Å². The Balaban J connectivity index is 2.54. The van der Waals surface area contributed by atoms with Crippen LogP contribution in [0.1, 0.15) is 6.92 Å². The molecule has 0 aromatic heterocycles. The number of rotatable bonds is 1. The van der Waals surface area contributed by atoms with Crippen LogP contribution in [0.15, 0.2) is 0 Å². The van der Waals surface area contributed by atoms with Gasteiger partial charge in [-0.2, -0.15) is 0 Å². The van der Waals surface area contributed by atoms with Crippen molar-refractivity contribution in [1.29, 1.82) is 0 Å². The maximum absolute atomic E-state index is 10.9. The summed E-state index contributed by atoms with van der Waals surface area (Å²) in [7, 11) is 0.444. The van der Waals surface area contributed by atoms with Gasteiger partial charge < -0.3 is 10.0 Å². The topological polar surface area (TPSA) is 26.0 Å². The van der Waals surface area contributed by atoms with E-state index in [4.69, 9.17) is 5.73 Å². The van der Waals surface area contributed by atoms with Crippen LogP contribution in [0.5, 0.6) is 0 Å². The van der Waals surface area contributed by atoms with E-state index in [-0.39, 0.29) is 0 Å². The Hall–Kier alpha value is -0.0451. The Kier molecular flexibility index (Phi) is 2.19. The SMILES string of the molecule is CC(N)[B]F. The van der Waals surface area contributed by atoms with Gasteiger partial charge >= 0.3 is 7.56 Å². The third-order valence-corrected chi connectivity index (χ3v) is 0.199. The van der Waals surface area contributed by atoms with Crippen LogP contribution in [0.4, 0.5) is 4.32 Å². The zero-order chi connectivity index (χ0) is 4.28. The average Bonchev–Trinajstić information content (AvgIpc) is 1.38. The number of nitrogens with two attached hydrogens (primary N) is 1. The molecule has 0 amide bonds. The molecule has 0 saturated carbocycles. The van der Waals surface area contributed by atoms with Gasteiger partial charge in [0.15, 0.2) is 0 Å². The molecular formula is C2H6BFN. The molecule has 0 aromatic carbocycles. The molecule has 0 aliphatic rings. The molecule has 5 heavy (non-hydrogen) atoms. The molecule has 1 radical (unpaired) electrons. The van der Waals surface area contributed by atoms with Crippen molar-refractivity contribution in [3.8, 4) is 0 Å². The second-order valence-corrected chi connectivity index (χ2v) is 0.985. The molecule has 0 fully saturated rings. The van der Waals surface area contributed by atoms with E-state index in [2.05, 4.69) is 0 Å². The molecule has 0 heterocycles. The highest BCUT2D eigenvalue weighted by Crippen LogP contribution is 1.65. The predicted molar refractivity (Wildman–Crippen MR) is 20.5 cm³/mol. The molecule has 2 N–H and O–H groups in total. The standard InChI is InChI=1S/C2H6BFN/c1-2(5)3-4/h2H,5H2,1H3. The van der Waals surface area contributed by atoms with Crippen molar-refractivity contribution in [1.82, 2.24) is 0 Å². The summed E-state index contributed by atoms with van der Waals surface area (Å²) in [5.41, 5.74) is 4.86. The van der Waals surface area contributed by atoms with Crippen LogP contribution in [0.3, 0.4) is 0 Å². The molecule has 0 spiro atoms. The molecule has 1 nitrogen and oxygen atoms in total. The zero-order valence-corrected chi connectivity index (χ0v) is 3.11.